The molecule has 1 aliphatic heterocycles. The van der Waals surface area contributed by atoms with Crippen molar-refractivity contribution >= 4 is 21.8 Å². The summed E-state index contributed by atoms with van der Waals surface area (Å²) in [6, 6.07) is 16.0. The van der Waals surface area contributed by atoms with Crippen molar-refractivity contribution in [2.75, 3.05) is 27.2 Å². The van der Waals surface area contributed by atoms with E-state index in [0.29, 0.717) is 24.0 Å². The predicted molar refractivity (Wildman–Crippen MR) is 108 cm³/mol. The number of nitrogens with zero attached hydrogens (tertiary/aromatic N) is 2. The van der Waals surface area contributed by atoms with Gasteiger partial charge in [-0.2, -0.15) is 0 Å². The fourth-order valence-electron chi connectivity index (χ4n) is 3.29. The molecule has 3 rings (SSSR count). The van der Waals surface area contributed by atoms with E-state index >= 15 is 0 Å². The molecular weight excluding hydrogens is 392 g/mol. The topological polar surface area (TPSA) is 32.8 Å². The Hall–Kier alpha value is -1.85. The molecule has 5 heteroatoms. The first kappa shape index (κ1) is 18.9. The van der Waals surface area contributed by atoms with E-state index < -0.39 is 0 Å². The third-order valence-electron chi connectivity index (χ3n) is 4.81. The first-order chi connectivity index (χ1) is 12.5. The van der Waals surface area contributed by atoms with Crippen LogP contribution in [0.5, 0.6) is 5.75 Å². The van der Waals surface area contributed by atoms with Crippen LogP contribution in [-0.4, -0.2) is 48.9 Å². The quantitative estimate of drug-likeness (QED) is 0.732. The van der Waals surface area contributed by atoms with Gasteiger partial charge in [0.25, 0.3) is 5.91 Å². The number of likely N-dealkylation sites (N-methyl/N-ethyl adjacent to an activating group) is 1. The number of ether oxygens (including phenoxy) is 1. The number of carbonyl (C=O) groups is 1. The van der Waals surface area contributed by atoms with E-state index in [1.807, 2.05) is 53.4 Å². The van der Waals surface area contributed by atoms with Gasteiger partial charge in [0.15, 0.2) is 0 Å². The molecule has 1 amide bonds. The lowest BCUT2D eigenvalue weighted by Crippen LogP contribution is -2.47. The molecule has 0 radical (unpaired) electrons. The van der Waals surface area contributed by atoms with Crippen LogP contribution in [0.15, 0.2) is 53.0 Å². The van der Waals surface area contributed by atoms with E-state index in [1.54, 1.807) is 0 Å². The van der Waals surface area contributed by atoms with Crippen molar-refractivity contribution in [1.29, 1.82) is 0 Å². The summed E-state index contributed by atoms with van der Waals surface area (Å²) in [6.45, 7) is 2.01. The fourth-order valence-corrected chi connectivity index (χ4v) is 3.73. The average Bonchev–Trinajstić information content (AvgIpc) is 2.66. The van der Waals surface area contributed by atoms with Crippen molar-refractivity contribution in [3.63, 3.8) is 0 Å². The molecule has 1 saturated heterocycles. The van der Waals surface area contributed by atoms with Crippen LogP contribution in [0.25, 0.3) is 0 Å². The Morgan fingerprint density at radius 1 is 1.23 bits per heavy atom. The minimum atomic E-state index is 0.0568. The summed E-state index contributed by atoms with van der Waals surface area (Å²) in [5.74, 6) is 0.700. The van der Waals surface area contributed by atoms with Gasteiger partial charge in [-0.25, -0.2) is 0 Å². The van der Waals surface area contributed by atoms with Crippen molar-refractivity contribution < 1.29 is 9.53 Å². The second-order valence-electron chi connectivity index (χ2n) is 6.93. The monoisotopic (exact) mass is 416 g/mol. The van der Waals surface area contributed by atoms with Crippen LogP contribution in [0.2, 0.25) is 0 Å². The lowest BCUT2D eigenvalue weighted by atomic mass is 10.0. The van der Waals surface area contributed by atoms with E-state index in [1.165, 1.54) is 0 Å². The van der Waals surface area contributed by atoms with Crippen molar-refractivity contribution in [3.8, 4) is 5.75 Å². The van der Waals surface area contributed by atoms with Gasteiger partial charge >= 0.3 is 0 Å². The van der Waals surface area contributed by atoms with E-state index in [-0.39, 0.29) is 5.91 Å². The highest BCUT2D eigenvalue weighted by molar-refractivity contribution is 9.10. The maximum absolute atomic E-state index is 13.1. The van der Waals surface area contributed by atoms with Crippen LogP contribution in [-0.2, 0) is 6.61 Å². The zero-order valence-corrected chi connectivity index (χ0v) is 16.9. The Bertz CT molecular complexity index is 763. The summed E-state index contributed by atoms with van der Waals surface area (Å²) in [7, 11) is 4.15. The lowest BCUT2D eigenvalue weighted by molar-refractivity contribution is 0.0630. The molecule has 1 atom stereocenters. The molecule has 2 aromatic rings. The molecule has 138 valence electrons. The van der Waals surface area contributed by atoms with E-state index in [0.717, 1.165) is 36.0 Å². The zero-order chi connectivity index (χ0) is 18.5. The zero-order valence-electron chi connectivity index (χ0n) is 15.3. The van der Waals surface area contributed by atoms with Crippen molar-refractivity contribution in [3.05, 3.63) is 64.1 Å². The molecule has 0 N–H and O–H groups in total. The third kappa shape index (κ3) is 4.65. The Morgan fingerprint density at radius 3 is 2.81 bits per heavy atom. The minimum Gasteiger partial charge on any atom is -0.488 e. The van der Waals surface area contributed by atoms with Crippen LogP contribution in [0.1, 0.15) is 28.8 Å². The summed E-state index contributed by atoms with van der Waals surface area (Å²) in [5, 5.41) is 0. The highest BCUT2D eigenvalue weighted by Crippen LogP contribution is 2.24. The second-order valence-corrected chi connectivity index (χ2v) is 7.84. The molecule has 1 fully saturated rings. The second kappa shape index (κ2) is 8.69. The molecule has 2 aromatic carbocycles. The molecule has 0 aliphatic carbocycles. The molecule has 1 aliphatic rings. The van der Waals surface area contributed by atoms with Crippen molar-refractivity contribution in [2.24, 2.45) is 0 Å². The lowest BCUT2D eigenvalue weighted by Gasteiger charge is -2.36. The molecule has 26 heavy (non-hydrogen) atoms. The molecule has 0 bridgehead atoms. The molecule has 0 aromatic heterocycles. The summed E-state index contributed by atoms with van der Waals surface area (Å²) >= 11 is 3.48. The predicted octanol–water partition coefficient (Wildman–Crippen LogP) is 4.19. The summed E-state index contributed by atoms with van der Waals surface area (Å²) in [4.78, 5) is 17.2. The number of carbonyl (C=O) groups excluding carboxylic acids is 1. The maximum atomic E-state index is 13.1. The summed E-state index contributed by atoms with van der Waals surface area (Å²) in [6.07, 6.45) is 2.17. The van der Waals surface area contributed by atoms with Crippen molar-refractivity contribution in [2.45, 2.75) is 25.5 Å². The highest BCUT2D eigenvalue weighted by atomic mass is 79.9. The van der Waals surface area contributed by atoms with E-state index in [9.17, 15) is 4.79 Å². The van der Waals surface area contributed by atoms with Gasteiger partial charge in [0.1, 0.15) is 12.4 Å². The third-order valence-corrected chi connectivity index (χ3v) is 5.31. The largest absolute Gasteiger partial charge is 0.488 e. The highest BCUT2D eigenvalue weighted by Gasteiger charge is 2.27. The number of halogens is 1. The standard InChI is InChI=1S/C21H25BrN2O2/c1-23(2)18-9-6-12-24(14-18)21(25)19-10-3-4-11-20(19)26-15-16-7-5-8-17(22)13-16/h3-5,7-8,10-11,13,18H,6,9,12,14-15H2,1-2H3. The van der Waals surface area contributed by atoms with Gasteiger partial charge in [-0.05, 0) is 56.8 Å². The SMILES string of the molecule is CN(C)C1CCCN(C(=O)c2ccccc2OCc2cccc(Br)c2)C1. The normalized spacial score (nSPS) is 17.4. The van der Waals surface area contributed by atoms with Gasteiger partial charge in [0.2, 0.25) is 0 Å². The van der Waals surface area contributed by atoms with Crippen LogP contribution >= 0.6 is 15.9 Å². The molecule has 1 heterocycles. The van der Waals surface area contributed by atoms with Gasteiger partial charge in [-0.15, -0.1) is 0 Å². The van der Waals surface area contributed by atoms with E-state index in [4.69, 9.17) is 4.74 Å². The Kier molecular flexibility index (Phi) is 6.33. The van der Waals surface area contributed by atoms with Crippen LogP contribution in [0.3, 0.4) is 0 Å². The van der Waals surface area contributed by atoms with Crippen LogP contribution in [0.4, 0.5) is 0 Å². The molecule has 1 unspecified atom stereocenters. The number of amides is 1. The minimum absolute atomic E-state index is 0.0568. The summed E-state index contributed by atoms with van der Waals surface area (Å²) in [5.41, 5.74) is 1.70. The van der Waals surface area contributed by atoms with Crippen molar-refractivity contribution in [1.82, 2.24) is 9.80 Å². The fraction of sp³-hybridized carbons (Fsp3) is 0.381. The summed E-state index contributed by atoms with van der Waals surface area (Å²) < 4.78 is 7.01. The molecular formula is C21H25BrN2O2. The van der Waals surface area contributed by atoms with E-state index in [2.05, 4.69) is 34.9 Å². The maximum Gasteiger partial charge on any atom is 0.257 e. The van der Waals surface area contributed by atoms with Gasteiger partial charge in [0.05, 0.1) is 5.56 Å². The van der Waals surface area contributed by atoms with Gasteiger partial charge in [-0.1, -0.05) is 40.2 Å². The van der Waals surface area contributed by atoms with Gasteiger partial charge in [0, 0.05) is 23.6 Å². The Balaban J connectivity index is 1.73. The smallest absolute Gasteiger partial charge is 0.257 e. The molecule has 4 nitrogen and oxygen atoms in total. The number of rotatable bonds is 5. The number of benzene rings is 2. The number of hydrogen-bond donors (Lipinski definition) is 0. The average molecular weight is 417 g/mol. The number of likely N-dealkylation sites (tertiary alicyclic amines) is 1. The van der Waals surface area contributed by atoms with Gasteiger partial charge < -0.3 is 14.5 Å². The van der Waals surface area contributed by atoms with Gasteiger partial charge in [-0.3, -0.25) is 4.79 Å². The molecule has 0 saturated carbocycles. The first-order valence-electron chi connectivity index (χ1n) is 8.96. The Morgan fingerprint density at radius 2 is 2.04 bits per heavy atom. The first-order valence-corrected chi connectivity index (χ1v) is 9.76. The number of hydrogen-bond acceptors (Lipinski definition) is 3. The number of para-hydroxylation sites is 1. The van der Waals surface area contributed by atoms with Crippen LogP contribution < -0.4 is 4.74 Å². The van der Waals surface area contributed by atoms with Crippen LogP contribution in [0, 0.1) is 0 Å². The number of piperidine rings is 1. The Labute approximate surface area is 163 Å². The molecule has 0 spiro atoms.